The highest BCUT2D eigenvalue weighted by Crippen LogP contribution is 2.15. The maximum atomic E-state index is 12.5. The lowest BCUT2D eigenvalue weighted by Gasteiger charge is -2.34. The van der Waals surface area contributed by atoms with Crippen LogP contribution < -0.4 is 5.32 Å². The fraction of sp³-hybridized carbons (Fsp3) is 0.263. The van der Waals surface area contributed by atoms with Gasteiger partial charge in [-0.25, -0.2) is 0 Å². The van der Waals surface area contributed by atoms with Crippen LogP contribution >= 0.6 is 0 Å². The van der Waals surface area contributed by atoms with Gasteiger partial charge in [0.25, 0.3) is 11.6 Å². The molecule has 1 saturated heterocycles. The first kappa shape index (κ1) is 18.5. The molecule has 2 aromatic rings. The summed E-state index contributed by atoms with van der Waals surface area (Å²) in [6, 6.07) is 14.9. The second-order valence-corrected chi connectivity index (χ2v) is 6.29. The standard InChI is InChI=1S/C19H20N4O4/c24-18(20-16-4-2-1-3-5-16)14-21-10-12-22(13-11-21)19(25)15-6-8-17(9-7-15)23(26)27/h1-9H,10-14H2,(H,20,24). The number of nitrogens with zero attached hydrogens (tertiary/aromatic N) is 3. The van der Waals surface area contributed by atoms with Crippen molar-refractivity contribution in [2.45, 2.75) is 0 Å². The molecular formula is C19H20N4O4. The maximum Gasteiger partial charge on any atom is 0.269 e. The van der Waals surface area contributed by atoms with Crippen molar-refractivity contribution in [2.24, 2.45) is 0 Å². The molecule has 0 atom stereocenters. The van der Waals surface area contributed by atoms with Crippen LogP contribution in [0.5, 0.6) is 0 Å². The summed E-state index contributed by atoms with van der Waals surface area (Å²) in [6.07, 6.45) is 0. The number of amides is 2. The molecule has 3 rings (SSSR count). The molecule has 1 fully saturated rings. The Morgan fingerprint density at radius 2 is 1.59 bits per heavy atom. The number of non-ortho nitro benzene ring substituents is 1. The molecule has 140 valence electrons. The van der Waals surface area contributed by atoms with Crippen LogP contribution in [0.15, 0.2) is 54.6 Å². The zero-order chi connectivity index (χ0) is 19.2. The molecule has 0 spiro atoms. The van der Waals surface area contributed by atoms with E-state index in [1.807, 2.05) is 35.2 Å². The molecule has 2 aromatic carbocycles. The van der Waals surface area contributed by atoms with E-state index in [0.717, 1.165) is 5.69 Å². The van der Waals surface area contributed by atoms with E-state index in [2.05, 4.69) is 5.32 Å². The summed E-state index contributed by atoms with van der Waals surface area (Å²) < 4.78 is 0. The van der Waals surface area contributed by atoms with Crippen LogP contribution in [-0.2, 0) is 4.79 Å². The molecule has 8 heteroatoms. The van der Waals surface area contributed by atoms with Crippen molar-refractivity contribution in [2.75, 3.05) is 38.0 Å². The number of piperazine rings is 1. The summed E-state index contributed by atoms with van der Waals surface area (Å²) in [4.78, 5) is 38.5. The Morgan fingerprint density at radius 1 is 0.963 bits per heavy atom. The predicted octanol–water partition coefficient (Wildman–Crippen LogP) is 1.99. The number of anilines is 1. The molecule has 1 aliphatic rings. The van der Waals surface area contributed by atoms with E-state index in [4.69, 9.17) is 0 Å². The minimum atomic E-state index is -0.493. The lowest BCUT2D eigenvalue weighted by Crippen LogP contribution is -2.50. The van der Waals surface area contributed by atoms with Crippen LogP contribution in [0.25, 0.3) is 0 Å². The fourth-order valence-corrected chi connectivity index (χ4v) is 2.94. The van der Waals surface area contributed by atoms with E-state index in [1.165, 1.54) is 24.3 Å². The number of carbonyl (C=O) groups excluding carboxylic acids is 2. The summed E-state index contributed by atoms with van der Waals surface area (Å²) in [7, 11) is 0. The second-order valence-electron chi connectivity index (χ2n) is 6.29. The number of nitrogens with one attached hydrogen (secondary N) is 1. The quantitative estimate of drug-likeness (QED) is 0.643. The minimum absolute atomic E-state index is 0.0409. The topological polar surface area (TPSA) is 95.8 Å². The summed E-state index contributed by atoms with van der Waals surface area (Å²) >= 11 is 0. The van der Waals surface area contributed by atoms with Gasteiger partial charge in [0, 0.05) is 49.6 Å². The van der Waals surface area contributed by atoms with Gasteiger partial charge in [0.2, 0.25) is 5.91 Å². The average molecular weight is 368 g/mol. The van der Waals surface area contributed by atoms with Gasteiger partial charge in [0.1, 0.15) is 0 Å². The molecule has 0 bridgehead atoms. The summed E-state index contributed by atoms with van der Waals surface area (Å²) in [5, 5.41) is 13.5. The molecule has 1 aliphatic heterocycles. The van der Waals surface area contributed by atoms with Crippen molar-refractivity contribution < 1.29 is 14.5 Å². The first-order chi connectivity index (χ1) is 13.0. The fourth-order valence-electron chi connectivity index (χ4n) is 2.94. The summed E-state index contributed by atoms with van der Waals surface area (Å²) in [5.74, 6) is -0.241. The normalized spacial score (nSPS) is 14.6. The minimum Gasteiger partial charge on any atom is -0.336 e. The first-order valence-electron chi connectivity index (χ1n) is 8.64. The van der Waals surface area contributed by atoms with Crippen molar-refractivity contribution in [3.05, 3.63) is 70.3 Å². The zero-order valence-corrected chi connectivity index (χ0v) is 14.7. The van der Waals surface area contributed by atoms with E-state index in [-0.39, 0.29) is 24.0 Å². The highest BCUT2D eigenvalue weighted by Gasteiger charge is 2.23. The molecule has 8 nitrogen and oxygen atoms in total. The molecule has 2 amide bonds. The van der Waals surface area contributed by atoms with Gasteiger partial charge in [-0.3, -0.25) is 24.6 Å². The van der Waals surface area contributed by atoms with Crippen LogP contribution in [0.3, 0.4) is 0 Å². The number of nitro groups is 1. The molecule has 0 unspecified atom stereocenters. The number of hydrogen-bond donors (Lipinski definition) is 1. The summed E-state index contributed by atoms with van der Waals surface area (Å²) in [5.41, 5.74) is 1.14. The van der Waals surface area contributed by atoms with Crippen molar-refractivity contribution in [1.82, 2.24) is 9.80 Å². The number of rotatable bonds is 5. The van der Waals surface area contributed by atoms with Gasteiger partial charge in [0.15, 0.2) is 0 Å². The first-order valence-corrected chi connectivity index (χ1v) is 8.64. The Kier molecular flexibility index (Phi) is 5.77. The monoisotopic (exact) mass is 368 g/mol. The Bertz CT molecular complexity index is 815. The number of carbonyl (C=O) groups is 2. The molecule has 0 aliphatic carbocycles. The Balaban J connectivity index is 1.48. The molecule has 0 saturated carbocycles. The zero-order valence-electron chi connectivity index (χ0n) is 14.7. The van der Waals surface area contributed by atoms with Gasteiger partial charge in [-0.2, -0.15) is 0 Å². The molecule has 1 heterocycles. The van der Waals surface area contributed by atoms with E-state index < -0.39 is 4.92 Å². The summed E-state index contributed by atoms with van der Waals surface area (Å²) in [6.45, 7) is 2.49. The lowest BCUT2D eigenvalue weighted by molar-refractivity contribution is -0.384. The van der Waals surface area contributed by atoms with E-state index in [1.54, 1.807) is 4.90 Å². The third-order valence-corrected chi connectivity index (χ3v) is 4.41. The average Bonchev–Trinajstić information content (AvgIpc) is 2.69. The van der Waals surface area contributed by atoms with Crippen LogP contribution in [0.4, 0.5) is 11.4 Å². The number of hydrogen-bond acceptors (Lipinski definition) is 5. The van der Waals surface area contributed by atoms with Crippen molar-refractivity contribution in [3.8, 4) is 0 Å². The SMILES string of the molecule is O=C(CN1CCN(C(=O)c2ccc([N+](=O)[O-])cc2)CC1)Nc1ccccc1. The van der Waals surface area contributed by atoms with Crippen molar-refractivity contribution >= 4 is 23.2 Å². The van der Waals surface area contributed by atoms with Crippen molar-refractivity contribution in [1.29, 1.82) is 0 Å². The number of benzene rings is 2. The van der Waals surface area contributed by atoms with Crippen LogP contribution in [0.1, 0.15) is 10.4 Å². The molecule has 27 heavy (non-hydrogen) atoms. The van der Waals surface area contributed by atoms with E-state index >= 15 is 0 Å². The van der Waals surface area contributed by atoms with Gasteiger partial charge < -0.3 is 10.2 Å². The third kappa shape index (κ3) is 4.89. The highest BCUT2D eigenvalue weighted by molar-refractivity contribution is 5.94. The van der Waals surface area contributed by atoms with Gasteiger partial charge >= 0.3 is 0 Å². The van der Waals surface area contributed by atoms with E-state index in [0.29, 0.717) is 31.7 Å². The lowest BCUT2D eigenvalue weighted by atomic mass is 10.1. The van der Waals surface area contributed by atoms with Crippen molar-refractivity contribution in [3.63, 3.8) is 0 Å². The maximum absolute atomic E-state index is 12.5. The molecule has 1 N–H and O–H groups in total. The Hall–Kier alpha value is -3.26. The van der Waals surface area contributed by atoms with Gasteiger partial charge in [-0.15, -0.1) is 0 Å². The number of nitro benzene ring substituents is 1. The van der Waals surface area contributed by atoms with E-state index in [9.17, 15) is 19.7 Å². The second kappa shape index (κ2) is 8.41. The highest BCUT2D eigenvalue weighted by atomic mass is 16.6. The largest absolute Gasteiger partial charge is 0.336 e. The smallest absolute Gasteiger partial charge is 0.269 e. The predicted molar refractivity (Wildman–Crippen MR) is 101 cm³/mol. The van der Waals surface area contributed by atoms with Crippen LogP contribution in [0.2, 0.25) is 0 Å². The van der Waals surface area contributed by atoms with Crippen LogP contribution in [-0.4, -0.2) is 59.3 Å². The van der Waals surface area contributed by atoms with Gasteiger partial charge in [0.05, 0.1) is 11.5 Å². The Labute approximate surface area is 156 Å². The molecule has 0 aromatic heterocycles. The third-order valence-electron chi connectivity index (χ3n) is 4.41. The molecule has 0 radical (unpaired) electrons. The molecular weight excluding hydrogens is 348 g/mol. The number of para-hydroxylation sites is 1. The van der Waals surface area contributed by atoms with Crippen LogP contribution in [0, 0.1) is 10.1 Å². The Morgan fingerprint density at radius 3 is 2.19 bits per heavy atom. The van der Waals surface area contributed by atoms with Gasteiger partial charge in [-0.1, -0.05) is 18.2 Å². The van der Waals surface area contributed by atoms with Gasteiger partial charge in [-0.05, 0) is 24.3 Å².